The molecule has 1 aromatic rings. The summed E-state index contributed by atoms with van der Waals surface area (Å²) in [6, 6.07) is 0.568. The van der Waals surface area contributed by atoms with Crippen LogP contribution in [0.3, 0.4) is 0 Å². The number of guanidine groups is 1. The smallest absolute Gasteiger partial charge is 0.191 e. The molecule has 126 valence electrons. The molecule has 1 fully saturated rings. The van der Waals surface area contributed by atoms with Crippen molar-refractivity contribution in [2.75, 3.05) is 19.3 Å². The van der Waals surface area contributed by atoms with E-state index in [0.717, 1.165) is 30.7 Å². The molecule has 1 aromatic heterocycles. The number of aromatic nitrogens is 2. The van der Waals surface area contributed by atoms with Crippen LogP contribution < -0.4 is 10.6 Å². The van der Waals surface area contributed by atoms with Crippen LogP contribution in [0.1, 0.15) is 31.7 Å². The largest absolute Gasteiger partial charge is 0.357 e. The van der Waals surface area contributed by atoms with Gasteiger partial charge < -0.3 is 10.6 Å². The summed E-state index contributed by atoms with van der Waals surface area (Å²) in [5.41, 5.74) is 1.24. The Hall–Kier alpha value is -0.440. The van der Waals surface area contributed by atoms with Crippen LogP contribution in [0, 0.1) is 0 Å². The molecule has 2 unspecified atom stereocenters. The Bertz CT molecular complexity index is 463. The Morgan fingerprint density at radius 2 is 2.32 bits per heavy atom. The monoisotopic (exact) mass is 437 g/mol. The van der Waals surface area contributed by atoms with Gasteiger partial charge in [-0.2, -0.15) is 16.9 Å². The summed E-state index contributed by atoms with van der Waals surface area (Å²) < 4.78 is 1.84. The molecule has 1 heterocycles. The van der Waals surface area contributed by atoms with E-state index in [-0.39, 0.29) is 24.0 Å². The molecule has 1 saturated carbocycles. The van der Waals surface area contributed by atoms with Gasteiger partial charge in [0, 0.05) is 37.6 Å². The van der Waals surface area contributed by atoms with E-state index >= 15 is 0 Å². The molecule has 0 bridgehead atoms. The van der Waals surface area contributed by atoms with Gasteiger partial charge in [0.05, 0.1) is 6.20 Å². The van der Waals surface area contributed by atoms with Crippen LogP contribution in [-0.2, 0) is 13.5 Å². The molecule has 0 radical (unpaired) electrons. The molecule has 1 aliphatic rings. The zero-order valence-electron chi connectivity index (χ0n) is 13.7. The van der Waals surface area contributed by atoms with Crippen molar-refractivity contribution in [1.29, 1.82) is 0 Å². The number of hydrogen-bond acceptors (Lipinski definition) is 3. The molecule has 0 saturated heterocycles. The summed E-state index contributed by atoms with van der Waals surface area (Å²) in [6.07, 6.45) is 10.9. The van der Waals surface area contributed by atoms with E-state index in [1.54, 1.807) is 0 Å². The Morgan fingerprint density at radius 1 is 1.50 bits per heavy atom. The lowest BCUT2D eigenvalue weighted by Crippen LogP contribution is -2.42. The van der Waals surface area contributed by atoms with Crippen molar-refractivity contribution in [2.45, 2.75) is 43.9 Å². The van der Waals surface area contributed by atoms with Gasteiger partial charge in [-0.1, -0.05) is 0 Å². The van der Waals surface area contributed by atoms with Gasteiger partial charge in [-0.3, -0.25) is 9.67 Å². The lowest BCUT2D eigenvalue weighted by Gasteiger charge is -2.17. The minimum Gasteiger partial charge on any atom is -0.357 e. The molecule has 22 heavy (non-hydrogen) atoms. The average Bonchev–Trinajstić information content (AvgIpc) is 3.08. The van der Waals surface area contributed by atoms with Crippen LogP contribution in [0.2, 0.25) is 0 Å². The zero-order valence-corrected chi connectivity index (χ0v) is 16.9. The predicted molar refractivity (Wildman–Crippen MR) is 106 cm³/mol. The predicted octanol–water partition coefficient (Wildman–Crippen LogP) is 2.42. The van der Waals surface area contributed by atoms with Crippen molar-refractivity contribution >= 4 is 41.7 Å². The van der Waals surface area contributed by atoms with Crippen LogP contribution in [0.4, 0.5) is 0 Å². The topological polar surface area (TPSA) is 54.2 Å². The molecule has 2 atom stereocenters. The number of rotatable bonds is 6. The zero-order chi connectivity index (χ0) is 15.1. The van der Waals surface area contributed by atoms with Gasteiger partial charge in [-0.15, -0.1) is 24.0 Å². The van der Waals surface area contributed by atoms with Crippen molar-refractivity contribution in [2.24, 2.45) is 12.0 Å². The standard InChI is InChI=1S/C15H27N5S.HI/c1-4-16-15(19-13-5-6-14(9-13)21-3)17-8-7-12-10-18-20(2)11-12;/h10-11,13-14H,4-9H2,1-3H3,(H2,16,17,19);1H. The second-order valence-corrected chi connectivity index (χ2v) is 6.68. The highest BCUT2D eigenvalue weighted by Crippen LogP contribution is 2.27. The van der Waals surface area contributed by atoms with Crippen LogP contribution >= 0.6 is 35.7 Å². The van der Waals surface area contributed by atoms with Gasteiger partial charge in [0.2, 0.25) is 0 Å². The second kappa shape index (κ2) is 10.4. The number of nitrogens with one attached hydrogen (secondary N) is 2. The van der Waals surface area contributed by atoms with Crippen LogP contribution in [0.5, 0.6) is 0 Å². The summed E-state index contributed by atoms with van der Waals surface area (Å²) in [4.78, 5) is 4.68. The van der Waals surface area contributed by atoms with E-state index in [0.29, 0.717) is 6.04 Å². The van der Waals surface area contributed by atoms with Crippen molar-refractivity contribution in [3.8, 4) is 0 Å². The third-order valence-corrected chi connectivity index (χ3v) is 4.93. The fourth-order valence-corrected chi connectivity index (χ4v) is 3.49. The van der Waals surface area contributed by atoms with Gasteiger partial charge >= 0.3 is 0 Å². The first-order chi connectivity index (χ1) is 10.2. The number of nitrogens with zero attached hydrogens (tertiary/aromatic N) is 3. The quantitative estimate of drug-likeness (QED) is 0.408. The van der Waals surface area contributed by atoms with Gasteiger partial charge in [-0.25, -0.2) is 0 Å². The van der Waals surface area contributed by atoms with Gasteiger partial charge in [-0.05, 0) is 44.4 Å². The summed E-state index contributed by atoms with van der Waals surface area (Å²) >= 11 is 1.98. The van der Waals surface area contributed by atoms with Crippen LogP contribution in [0.15, 0.2) is 17.4 Å². The maximum Gasteiger partial charge on any atom is 0.191 e. The number of aryl methyl sites for hydroxylation is 1. The second-order valence-electron chi connectivity index (χ2n) is 5.54. The summed E-state index contributed by atoms with van der Waals surface area (Å²) in [5.74, 6) is 0.952. The molecule has 0 amide bonds. The van der Waals surface area contributed by atoms with Gasteiger partial charge in [0.1, 0.15) is 0 Å². The first kappa shape index (κ1) is 19.6. The average molecular weight is 437 g/mol. The molecule has 7 heteroatoms. The Labute approximate surface area is 155 Å². The first-order valence-corrected chi connectivity index (χ1v) is 9.05. The molecule has 2 N–H and O–H groups in total. The van der Waals surface area contributed by atoms with Crippen molar-refractivity contribution in [3.05, 3.63) is 18.0 Å². The Kier molecular flexibility index (Phi) is 9.23. The lowest BCUT2D eigenvalue weighted by molar-refractivity contribution is 0.615. The van der Waals surface area contributed by atoms with E-state index in [9.17, 15) is 0 Å². The molecule has 0 aliphatic heterocycles. The van der Waals surface area contributed by atoms with Crippen LogP contribution in [0.25, 0.3) is 0 Å². The van der Waals surface area contributed by atoms with E-state index in [4.69, 9.17) is 0 Å². The maximum atomic E-state index is 4.68. The Morgan fingerprint density at radius 3 is 2.91 bits per heavy atom. The Balaban J connectivity index is 0.00000242. The molecule has 5 nitrogen and oxygen atoms in total. The number of hydrogen-bond donors (Lipinski definition) is 2. The summed E-state index contributed by atoms with van der Waals surface area (Å²) in [6.45, 7) is 3.80. The first-order valence-electron chi connectivity index (χ1n) is 7.76. The highest BCUT2D eigenvalue weighted by molar-refractivity contribution is 14.0. The van der Waals surface area contributed by atoms with Crippen LogP contribution in [-0.4, -0.2) is 46.4 Å². The minimum absolute atomic E-state index is 0. The normalized spacial score (nSPS) is 21.5. The highest BCUT2D eigenvalue weighted by Gasteiger charge is 2.24. The molecular weight excluding hydrogens is 409 g/mol. The third kappa shape index (κ3) is 6.36. The SMILES string of the molecule is CCNC(=NCCc1cnn(C)c1)NC1CCC(SC)C1.I. The number of aliphatic imine (C=N–C) groups is 1. The van der Waals surface area contributed by atoms with Crippen molar-refractivity contribution in [3.63, 3.8) is 0 Å². The van der Waals surface area contributed by atoms with E-state index in [1.165, 1.54) is 24.8 Å². The van der Waals surface area contributed by atoms with Crippen molar-refractivity contribution < 1.29 is 0 Å². The maximum absolute atomic E-state index is 4.68. The fraction of sp³-hybridized carbons (Fsp3) is 0.733. The van der Waals surface area contributed by atoms with Gasteiger partial charge in [0.25, 0.3) is 0 Å². The molecule has 1 aliphatic carbocycles. The molecular formula is C15H28IN5S. The van der Waals surface area contributed by atoms with E-state index < -0.39 is 0 Å². The van der Waals surface area contributed by atoms with Gasteiger partial charge in [0.15, 0.2) is 5.96 Å². The highest BCUT2D eigenvalue weighted by atomic mass is 127. The summed E-state index contributed by atoms with van der Waals surface area (Å²) in [5, 5.41) is 11.9. The number of halogens is 1. The molecule has 0 aromatic carbocycles. The van der Waals surface area contributed by atoms with E-state index in [2.05, 4.69) is 40.1 Å². The lowest BCUT2D eigenvalue weighted by atomic mass is 10.2. The summed E-state index contributed by atoms with van der Waals surface area (Å²) in [7, 11) is 1.95. The third-order valence-electron chi connectivity index (χ3n) is 3.83. The fourth-order valence-electron chi connectivity index (χ4n) is 2.70. The number of thioether (sulfide) groups is 1. The van der Waals surface area contributed by atoms with E-state index in [1.807, 2.05) is 29.7 Å². The molecule has 2 rings (SSSR count). The van der Waals surface area contributed by atoms with Crippen molar-refractivity contribution in [1.82, 2.24) is 20.4 Å². The molecule has 0 spiro atoms. The minimum atomic E-state index is 0.